The molecular formula is C15H18N2O5S. The fraction of sp³-hybridized carbons (Fsp3) is 0.467. The highest BCUT2D eigenvalue weighted by Gasteiger charge is 2.37. The van der Waals surface area contributed by atoms with E-state index in [4.69, 9.17) is 4.74 Å². The molecule has 1 amide bonds. The minimum absolute atomic E-state index is 0.0306. The number of hydrogen-bond donors (Lipinski definition) is 1. The van der Waals surface area contributed by atoms with Crippen LogP contribution in [0.3, 0.4) is 0 Å². The van der Waals surface area contributed by atoms with Crippen molar-refractivity contribution in [1.29, 1.82) is 0 Å². The third kappa shape index (κ3) is 3.37. The molecule has 0 aliphatic carbocycles. The van der Waals surface area contributed by atoms with Crippen LogP contribution in [0.1, 0.15) is 24.8 Å². The third-order valence-corrected chi connectivity index (χ3v) is 5.38. The first-order chi connectivity index (χ1) is 10.8. The van der Waals surface area contributed by atoms with Crippen LogP contribution in [0.25, 0.3) is 0 Å². The molecule has 1 atom stereocenters. The predicted molar refractivity (Wildman–Crippen MR) is 83.6 cm³/mol. The van der Waals surface area contributed by atoms with Crippen molar-refractivity contribution in [2.45, 2.75) is 31.7 Å². The number of hydrogen-bond acceptors (Lipinski definition) is 5. The minimum atomic E-state index is -3.42. The van der Waals surface area contributed by atoms with E-state index in [9.17, 15) is 18.0 Å². The second-order valence-electron chi connectivity index (χ2n) is 5.82. The van der Waals surface area contributed by atoms with E-state index in [1.54, 1.807) is 18.2 Å². The lowest BCUT2D eigenvalue weighted by molar-refractivity contribution is -0.138. The summed E-state index contributed by atoms with van der Waals surface area (Å²) < 4.78 is 29.9. The van der Waals surface area contributed by atoms with Crippen molar-refractivity contribution in [2.75, 3.05) is 18.1 Å². The van der Waals surface area contributed by atoms with Gasteiger partial charge in [-0.05, 0) is 43.0 Å². The van der Waals surface area contributed by atoms with Gasteiger partial charge in [-0.3, -0.25) is 4.79 Å². The molecular weight excluding hydrogens is 320 g/mol. The molecule has 1 unspecified atom stereocenters. The van der Waals surface area contributed by atoms with Gasteiger partial charge in [0.05, 0.1) is 6.26 Å². The summed E-state index contributed by atoms with van der Waals surface area (Å²) in [6, 6.07) is 4.24. The van der Waals surface area contributed by atoms with Crippen molar-refractivity contribution >= 4 is 27.6 Å². The molecule has 8 heteroatoms. The second-order valence-corrected chi connectivity index (χ2v) is 7.76. The average molecular weight is 338 g/mol. The lowest BCUT2D eigenvalue weighted by atomic mass is 10.0. The number of aryl methyl sites for hydroxylation is 1. The molecule has 2 heterocycles. The largest absolute Gasteiger partial charge is 0.425 e. The monoisotopic (exact) mass is 338 g/mol. The van der Waals surface area contributed by atoms with Gasteiger partial charge < -0.3 is 10.1 Å². The maximum atomic E-state index is 12.3. The Kier molecular flexibility index (Phi) is 4.11. The van der Waals surface area contributed by atoms with E-state index < -0.39 is 22.0 Å². The van der Waals surface area contributed by atoms with Crippen molar-refractivity contribution in [3.05, 3.63) is 23.8 Å². The number of carbonyl (C=O) groups is 2. The summed E-state index contributed by atoms with van der Waals surface area (Å²) in [5.74, 6) is -0.227. The lowest BCUT2D eigenvalue weighted by Crippen LogP contribution is -2.41. The second kappa shape index (κ2) is 5.93. The molecule has 0 spiro atoms. The van der Waals surface area contributed by atoms with Crippen LogP contribution in [0.4, 0.5) is 5.69 Å². The highest BCUT2D eigenvalue weighted by atomic mass is 32.2. The number of esters is 1. The average Bonchev–Trinajstić information content (AvgIpc) is 2.97. The Hall–Kier alpha value is -1.93. The normalized spacial score (nSPS) is 21.6. The first kappa shape index (κ1) is 15.9. The van der Waals surface area contributed by atoms with Crippen molar-refractivity contribution < 1.29 is 22.7 Å². The Morgan fingerprint density at radius 1 is 1.35 bits per heavy atom. The van der Waals surface area contributed by atoms with Crippen LogP contribution in [0.2, 0.25) is 0 Å². The number of nitrogens with one attached hydrogen (secondary N) is 1. The van der Waals surface area contributed by atoms with Crippen LogP contribution in [0.15, 0.2) is 18.2 Å². The number of amides is 1. The predicted octanol–water partition coefficient (Wildman–Crippen LogP) is 0.901. The molecule has 2 aliphatic heterocycles. The maximum Gasteiger partial charge on any atom is 0.329 e. The summed E-state index contributed by atoms with van der Waals surface area (Å²) in [4.78, 5) is 23.6. The number of nitrogens with zero attached hydrogens (tertiary/aromatic N) is 1. The van der Waals surface area contributed by atoms with Crippen LogP contribution in [0.5, 0.6) is 5.75 Å². The molecule has 0 saturated carbocycles. The highest BCUT2D eigenvalue weighted by Crippen LogP contribution is 2.28. The van der Waals surface area contributed by atoms with Crippen LogP contribution >= 0.6 is 0 Å². The van der Waals surface area contributed by atoms with E-state index in [-0.39, 0.29) is 5.91 Å². The van der Waals surface area contributed by atoms with Gasteiger partial charge in [0.1, 0.15) is 11.8 Å². The summed E-state index contributed by atoms with van der Waals surface area (Å²) in [5.41, 5.74) is 1.63. The molecule has 124 valence electrons. The van der Waals surface area contributed by atoms with E-state index in [0.29, 0.717) is 38.0 Å². The van der Waals surface area contributed by atoms with Crippen molar-refractivity contribution in [3.63, 3.8) is 0 Å². The number of carbonyl (C=O) groups excluding carboxylic acids is 2. The molecule has 1 saturated heterocycles. The van der Waals surface area contributed by atoms with E-state index in [1.165, 1.54) is 4.31 Å². The summed E-state index contributed by atoms with van der Waals surface area (Å²) in [6.45, 7) is 0.342. The Morgan fingerprint density at radius 2 is 2.13 bits per heavy atom. The minimum Gasteiger partial charge on any atom is -0.425 e. The molecule has 0 bridgehead atoms. The molecule has 1 fully saturated rings. The topological polar surface area (TPSA) is 92.8 Å². The van der Waals surface area contributed by atoms with E-state index in [2.05, 4.69) is 5.32 Å². The van der Waals surface area contributed by atoms with E-state index in [1.807, 2.05) is 0 Å². The molecule has 0 aromatic heterocycles. The molecule has 23 heavy (non-hydrogen) atoms. The zero-order valence-corrected chi connectivity index (χ0v) is 13.6. The molecule has 1 aromatic carbocycles. The van der Waals surface area contributed by atoms with Gasteiger partial charge in [-0.1, -0.05) is 0 Å². The SMILES string of the molecule is CS(=O)(=O)N1CCCC1C(=O)Oc1ccc2c(c1)CCC(=O)N2. The molecule has 1 aromatic rings. The van der Waals surface area contributed by atoms with Gasteiger partial charge in [0, 0.05) is 18.7 Å². The van der Waals surface area contributed by atoms with Crippen molar-refractivity contribution in [3.8, 4) is 5.75 Å². The van der Waals surface area contributed by atoms with Gasteiger partial charge >= 0.3 is 5.97 Å². The zero-order chi connectivity index (χ0) is 16.6. The number of fused-ring (bicyclic) bond motifs is 1. The van der Waals surface area contributed by atoms with E-state index in [0.717, 1.165) is 17.5 Å². The number of sulfonamides is 1. The Labute approximate surface area is 134 Å². The zero-order valence-electron chi connectivity index (χ0n) is 12.7. The Morgan fingerprint density at radius 3 is 2.87 bits per heavy atom. The smallest absolute Gasteiger partial charge is 0.329 e. The first-order valence-electron chi connectivity index (χ1n) is 7.46. The van der Waals surface area contributed by atoms with Crippen LogP contribution in [0, 0.1) is 0 Å². The van der Waals surface area contributed by atoms with Gasteiger partial charge in [0.15, 0.2) is 0 Å². The summed E-state index contributed by atoms with van der Waals surface area (Å²) >= 11 is 0. The Bertz CT molecular complexity index is 759. The third-order valence-electron chi connectivity index (χ3n) is 4.09. The lowest BCUT2D eigenvalue weighted by Gasteiger charge is -2.21. The summed E-state index contributed by atoms with van der Waals surface area (Å²) in [6.07, 6.45) is 3.19. The molecule has 1 N–H and O–H groups in total. The molecule has 0 radical (unpaired) electrons. The number of anilines is 1. The Balaban J connectivity index is 1.74. The van der Waals surface area contributed by atoms with Gasteiger partial charge in [0.25, 0.3) is 0 Å². The first-order valence-corrected chi connectivity index (χ1v) is 9.31. The number of ether oxygens (including phenoxy) is 1. The fourth-order valence-corrected chi connectivity index (χ4v) is 4.09. The molecule has 3 rings (SSSR count). The van der Waals surface area contributed by atoms with Crippen LogP contribution in [-0.4, -0.2) is 43.4 Å². The standard InChI is InChI=1S/C15H18N2O5S/c1-23(20,21)17-8-2-3-13(17)15(19)22-11-5-6-12-10(9-11)4-7-14(18)16-12/h5-6,9,13H,2-4,7-8H2,1H3,(H,16,18). The quantitative estimate of drug-likeness (QED) is 0.653. The van der Waals surface area contributed by atoms with Crippen LogP contribution in [-0.2, 0) is 26.0 Å². The van der Waals surface area contributed by atoms with Gasteiger partial charge in [-0.2, -0.15) is 4.31 Å². The maximum absolute atomic E-state index is 12.3. The molecule has 2 aliphatic rings. The van der Waals surface area contributed by atoms with Gasteiger partial charge in [-0.25, -0.2) is 13.2 Å². The van der Waals surface area contributed by atoms with E-state index >= 15 is 0 Å². The van der Waals surface area contributed by atoms with Crippen LogP contribution < -0.4 is 10.1 Å². The highest BCUT2D eigenvalue weighted by molar-refractivity contribution is 7.88. The fourth-order valence-electron chi connectivity index (χ4n) is 2.98. The number of benzene rings is 1. The molecule has 7 nitrogen and oxygen atoms in total. The van der Waals surface area contributed by atoms with Gasteiger partial charge in [-0.15, -0.1) is 0 Å². The van der Waals surface area contributed by atoms with Gasteiger partial charge in [0.2, 0.25) is 15.9 Å². The van der Waals surface area contributed by atoms with Crippen molar-refractivity contribution in [2.24, 2.45) is 0 Å². The number of rotatable bonds is 3. The summed E-state index contributed by atoms with van der Waals surface area (Å²) in [5, 5.41) is 2.76. The van der Waals surface area contributed by atoms with Crippen molar-refractivity contribution in [1.82, 2.24) is 4.31 Å². The summed E-state index contributed by atoms with van der Waals surface area (Å²) in [7, 11) is -3.42.